The van der Waals surface area contributed by atoms with Crippen molar-refractivity contribution in [3.63, 3.8) is 0 Å². The second-order valence-corrected chi connectivity index (χ2v) is 6.13. The van der Waals surface area contributed by atoms with E-state index < -0.39 is 5.97 Å². The van der Waals surface area contributed by atoms with Gasteiger partial charge in [-0.05, 0) is 32.6 Å². The minimum Gasteiger partial charge on any atom is -0.481 e. The topological polar surface area (TPSA) is 49.8 Å². The molecule has 2 aliphatic rings. The Hall–Kier alpha value is -0.610. The van der Waals surface area contributed by atoms with Crippen LogP contribution in [0.4, 0.5) is 0 Å². The summed E-state index contributed by atoms with van der Waals surface area (Å²) in [5, 5.41) is 9.15. The maximum absolute atomic E-state index is 11.1. The van der Waals surface area contributed by atoms with Gasteiger partial charge in [-0.15, -0.1) is 0 Å². The number of carboxylic acid groups (broad SMARTS) is 1. The van der Waals surface area contributed by atoms with Crippen molar-refractivity contribution in [2.45, 2.75) is 45.3 Å². The number of ether oxygens (including phenoxy) is 1. The molecule has 4 heteroatoms. The Bertz CT molecular complexity index is 303. The van der Waals surface area contributed by atoms with Gasteiger partial charge in [-0.1, -0.05) is 6.92 Å². The Morgan fingerprint density at radius 2 is 2.12 bits per heavy atom. The lowest BCUT2D eigenvalue weighted by Gasteiger charge is -2.39. The number of likely N-dealkylation sites (tertiary alicyclic amines) is 1. The minimum absolute atomic E-state index is 0.0620. The van der Waals surface area contributed by atoms with Crippen LogP contribution >= 0.6 is 0 Å². The van der Waals surface area contributed by atoms with Crippen LogP contribution in [0.3, 0.4) is 0 Å². The Morgan fingerprint density at radius 3 is 2.65 bits per heavy atom. The van der Waals surface area contributed by atoms with E-state index in [1.807, 2.05) is 6.92 Å². The van der Waals surface area contributed by atoms with Gasteiger partial charge in [0, 0.05) is 25.7 Å². The summed E-state index contributed by atoms with van der Waals surface area (Å²) in [5.41, 5.74) is -0.0620. The van der Waals surface area contributed by atoms with Crippen molar-refractivity contribution in [1.29, 1.82) is 0 Å². The summed E-state index contributed by atoms with van der Waals surface area (Å²) in [6, 6.07) is 0.491. The lowest BCUT2D eigenvalue weighted by Crippen LogP contribution is -2.45. The first-order valence-electron chi connectivity index (χ1n) is 6.50. The summed E-state index contributed by atoms with van der Waals surface area (Å²) in [7, 11) is 0. The van der Waals surface area contributed by atoms with Gasteiger partial charge in [0.25, 0.3) is 0 Å². The van der Waals surface area contributed by atoms with Crippen molar-refractivity contribution in [2.75, 3.05) is 19.7 Å². The van der Waals surface area contributed by atoms with Gasteiger partial charge in [-0.3, -0.25) is 9.69 Å². The van der Waals surface area contributed by atoms with E-state index in [4.69, 9.17) is 9.84 Å². The van der Waals surface area contributed by atoms with Gasteiger partial charge in [0.1, 0.15) is 0 Å². The number of carbonyl (C=O) groups is 1. The Labute approximate surface area is 103 Å². The summed E-state index contributed by atoms with van der Waals surface area (Å²) in [5.74, 6) is -0.578. The molecule has 0 aliphatic carbocycles. The van der Waals surface area contributed by atoms with Gasteiger partial charge in [0.15, 0.2) is 0 Å². The molecule has 2 aliphatic heterocycles. The summed E-state index contributed by atoms with van der Waals surface area (Å²) in [6.07, 6.45) is 2.04. The van der Waals surface area contributed by atoms with E-state index in [-0.39, 0.29) is 17.4 Å². The van der Waals surface area contributed by atoms with E-state index in [0.29, 0.717) is 12.6 Å². The molecule has 2 fully saturated rings. The fourth-order valence-corrected chi connectivity index (χ4v) is 3.14. The summed E-state index contributed by atoms with van der Waals surface area (Å²) in [4.78, 5) is 13.5. The van der Waals surface area contributed by atoms with Crippen LogP contribution in [0.2, 0.25) is 0 Å². The molecule has 3 atom stereocenters. The highest BCUT2D eigenvalue weighted by Crippen LogP contribution is 2.32. The number of nitrogens with zero attached hydrogens (tertiary/aromatic N) is 1. The quantitative estimate of drug-likeness (QED) is 0.797. The molecule has 0 bridgehead atoms. The maximum atomic E-state index is 11.1. The van der Waals surface area contributed by atoms with Crippen LogP contribution in [-0.4, -0.2) is 47.3 Å². The van der Waals surface area contributed by atoms with E-state index in [2.05, 4.69) is 18.7 Å². The molecule has 4 nitrogen and oxygen atoms in total. The first-order chi connectivity index (χ1) is 7.89. The fraction of sp³-hybridized carbons (Fsp3) is 0.923. The van der Waals surface area contributed by atoms with E-state index in [1.165, 1.54) is 0 Å². The van der Waals surface area contributed by atoms with E-state index in [0.717, 1.165) is 26.0 Å². The van der Waals surface area contributed by atoms with Crippen molar-refractivity contribution in [3.8, 4) is 0 Å². The van der Waals surface area contributed by atoms with E-state index in [9.17, 15) is 4.79 Å². The largest absolute Gasteiger partial charge is 0.481 e. The first-order valence-corrected chi connectivity index (χ1v) is 6.50. The lowest BCUT2D eigenvalue weighted by molar-refractivity contribution is -0.142. The average Bonchev–Trinajstić information content (AvgIpc) is 2.59. The molecule has 0 aromatic heterocycles. The van der Waals surface area contributed by atoms with Crippen LogP contribution < -0.4 is 0 Å². The highest BCUT2D eigenvalue weighted by atomic mass is 16.5. The second-order valence-electron chi connectivity index (χ2n) is 6.13. The Kier molecular flexibility index (Phi) is 3.46. The van der Waals surface area contributed by atoms with Gasteiger partial charge >= 0.3 is 5.97 Å². The molecular formula is C13H23NO3. The van der Waals surface area contributed by atoms with Crippen LogP contribution in [0.5, 0.6) is 0 Å². The van der Waals surface area contributed by atoms with Crippen LogP contribution in [0, 0.1) is 11.8 Å². The Morgan fingerprint density at radius 1 is 1.41 bits per heavy atom. The second kappa shape index (κ2) is 4.58. The zero-order valence-corrected chi connectivity index (χ0v) is 11.0. The first kappa shape index (κ1) is 12.8. The van der Waals surface area contributed by atoms with Crippen LogP contribution in [0.25, 0.3) is 0 Å². The number of carboxylic acids is 1. The third-order valence-electron chi connectivity index (χ3n) is 4.15. The minimum atomic E-state index is -0.647. The molecule has 0 spiro atoms. The highest BCUT2D eigenvalue weighted by Gasteiger charge is 2.40. The standard InChI is InChI=1S/C13H23NO3/c1-9-7-14(8-11(9)12(15)16)10-4-5-17-13(2,3)6-10/h9-11H,4-8H2,1-3H3,(H,15,16)/t9-,10?,11-/m1/s1. The third-order valence-corrected chi connectivity index (χ3v) is 4.15. The summed E-state index contributed by atoms with van der Waals surface area (Å²) in [6.45, 7) is 8.69. The molecule has 1 unspecified atom stereocenters. The fourth-order valence-electron chi connectivity index (χ4n) is 3.14. The molecule has 98 valence electrons. The van der Waals surface area contributed by atoms with Crippen LogP contribution in [-0.2, 0) is 9.53 Å². The van der Waals surface area contributed by atoms with Crippen molar-refractivity contribution < 1.29 is 14.6 Å². The summed E-state index contributed by atoms with van der Waals surface area (Å²) >= 11 is 0. The molecule has 0 aromatic rings. The number of rotatable bonds is 2. The monoisotopic (exact) mass is 241 g/mol. The maximum Gasteiger partial charge on any atom is 0.308 e. The smallest absolute Gasteiger partial charge is 0.308 e. The molecule has 2 heterocycles. The molecule has 0 radical (unpaired) electrons. The zero-order valence-electron chi connectivity index (χ0n) is 11.0. The molecule has 0 aromatic carbocycles. The average molecular weight is 241 g/mol. The van der Waals surface area contributed by atoms with E-state index in [1.54, 1.807) is 0 Å². The predicted octanol–water partition coefficient (Wildman–Crippen LogP) is 1.60. The molecule has 17 heavy (non-hydrogen) atoms. The number of hydrogen-bond donors (Lipinski definition) is 1. The zero-order chi connectivity index (χ0) is 12.6. The summed E-state index contributed by atoms with van der Waals surface area (Å²) < 4.78 is 5.71. The van der Waals surface area contributed by atoms with E-state index >= 15 is 0 Å². The van der Waals surface area contributed by atoms with Gasteiger partial charge in [-0.2, -0.15) is 0 Å². The van der Waals surface area contributed by atoms with Crippen LogP contribution in [0.1, 0.15) is 33.6 Å². The SMILES string of the molecule is C[C@@H]1CN(C2CCOC(C)(C)C2)C[C@H]1C(=O)O. The van der Waals surface area contributed by atoms with Gasteiger partial charge < -0.3 is 9.84 Å². The number of aliphatic carboxylic acids is 1. The predicted molar refractivity (Wildman–Crippen MR) is 64.9 cm³/mol. The Balaban J connectivity index is 1.98. The van der Waals surface area contributed by atoms with Crippen LogP contribution in [0.15, 0.2) is 0 Å². The highest BCUT2D eigenvalue weighted by molar-refractivity contribution is 5.71. The molecular weight excluding hydrogens is 218 g/mol. The normalized spacial score (nSPS) is 38.2. The molecule has 0 saturated carbocycles. The van der Waals surface area contributed by atoms with Gasteiger partial charge in [0.05, 0.1) is 11.5 Å². The molecule has 1 N–H and O–H groups in total. The number of hydrogen-bond acceptors (Lipinski definition) is 3. The van der Waals surface area contributed by atoms with Gasteiger partial charge in [-0.25, -0.2) is 0 Å². The third kappa shape index (κ3) is 2.80. The van der Waals surface area contributed by atoms with Crippen molar-refractivity contribution in [3.05, 3.63) is 0 Å². The molecule has 0 amide bonds. The molecule has 2 rings (SSSR count). The van der Waals surface area contributed by atoms with Gasteiger partial charge in [0.2, 0.25) is 0 Å². The van der Waals surface area contributed by atoms with Crippen molar-refractivity contribution in [1.82, 2.24) is 4.90 Å². The van der Waals surface area contributed by atoms with Crippen molar-refractivity contribution >= 4 is 5.97 Å². The lowest BCUT2D eigenvalue weighted by atomic mass is 9.93. The molecule has 2 saturated heterocycles. The van der Waals surface area contributed by atoms with Crippen molar-refractivity contribution in [2.24, 2.45) is 11.8 Å².